The van der Waals surface area contributed by atoms with E-state index in [2.05, 4.69) is 29.2 Å². The molecule has 0 spiro atoms. The summed E-state index contributed by atoms with van der Waals surface area (Å²) in [5, 5.41) is 3.30. The number of likely N-dealkylation sites (tertiary alicyclic amines) is 1. The highest BCUT2D eigenvalue weighted by Crippen LogP contribution is 2.41. The summed E-state index contributed by atoms with van der Waals surface area (Å²) in [5.41, 5.74) is -0.519. The van der Waals surface area contributed by atoms with Crippen molar-refractivity contribution in [1.82, 2.24) is 15.1 Å². The molecular weight excluding hydrogens is 266 g/mol. The number of nitrogens with zero attached hydrogens (tertiary/aromatic N) is 2. The molecule has 2 aliphatic rings. The van der Waals surface area contributed by atoms with Crippen LogP contribution in [-0.2, 0) is 9.53 Å². The maximum atomic E-state index is 12.5. The molecule has 0 amide bonds. The van der Waals surface area contributed by atoms with Gasteiger partial charge in [0, 0.05) is 19.6 Å². The first-order chi connectivity index (χ1) is 10.0. The van der Waals surface area contributed by atoms with Crippen LogP contribution in [0.15, 0.2) is 0 Å². The third-order valence-electron chi connectivity index (χ3n) is 4.94. The second kappa shape index (κ2) is 7.07. The number of esters is 1. The Hall–Kier alpha value is -0.650. The first-order valence-corrected chi connectivity index (χ1v) is 8.25. The summed E-state index contributed by atoms with van der Waals surface area (Å²) < 4.78 is 5.35. The lowest BCUT2D eigenvalue weighted by atomic mass is 9.92. The van der Waals surface area contributed by atoms with Crippen LogP contribution in [0.25, 0.3) is 0 Å². The van der Waals surface area contributed by atoms with E-state index in [1.165, 1.54) is 19.5 Å². The molecule has 1 N–H and O–H groups in total. The number of hydrogen-bond acceptors (Lipinski definition) is 5. The number of carbonyl (C=O) groups is 1. The highest BCUT2D eigenvalue weighted by Gasteiger charge is 2.51. The lowest BCUT2D eigenvalue weighted by molar-refractivity contribution is -0.153. The van der Waals surface area contributed by atoms with Gasteiger partial charge in [-0.05, 0) is 65.7 Å². The molecule has 1 aliphatic carbocycles. The van der Waals surface area contributed by atoms with E-state index in [9.17, 15) is 4.79 Å². The maximum absolute atomic E-state index is 12.5. The van der Waals surface area contributed by atoms with Crippen molar-refractivity contribution in [3.63, 3.8) is 0 Å². The van der Waals surface area contributed by atoms with Crippen molar-refractivity contribution >= 4 is 5.97 Å². The van der Waals surface area contributed by atoms with Gasteiger partial charge in [0.15, 0.2) is 0 Å². The van der Waals surface area contributed by atoms with Gasteiger partial charge >= 0.3 is 5.97 Å². The van der Waals surface area contributed by atoms with Gasteiger partial charge in [-0.1, -0.05) is 0 Å². The molecule has 2 atom stereocenters. The van der Waals surface area contributed by atoms with E-state index in [1.807, 2.05) is 14.0 Å². The number of likely N-dealkylation sites (N-methyl/N-ethyl adjacent to an activating group) is 2. The molecule has 0 radical (unpaired) electrons. The average molecular weight is 297 g/mol. The molecule has 1 saturated carbocycles. The van der Waals surface area contributed by atoms with E-state index in [0.29, 0.717) is 12.5 Å². The zero-order valence-electron chi connectivity index (χ0n) is 14.0. The molecule has 1 saturated heterocycles. The quantitative estimate of drug-likeness (QED) is 0.672. The number of nitrogens with one attached hydrogen (secondary N) is 1. The lowest BCUT2D eigenvalue weighted by Gasteiger charge is -2.35. The summed E-state index contributed by atoms with van der Waals surface area (Å²) in [6, 6.07) is 0. The standard InChI is InChI=1S/C16H31N3O2/c1-5-21-15(20)16(17-2,14-6-7-14)12-19(4)11-13-8-9-18(3)10-13/h13-14,17H,5-12H2,1-4H3. The van der Waals surface area contributed by atoms with Crippen molar-refractivity contribution < 1.29 is 9.53 Å². The highest BCUT2D eigenvalue weighted by molar-refractivity contribution is 5.82. The fourth-order valence-corrected chi connectivity index (χ4v) is 3.69. The Morgan fingerprint density at radius 2 is 2.14 bits per heavy atom. The van der Waals surface area contributed by atoms with Crippen LogP contribution in [0.4, 0.5) is 0 Å². The number of carbonyl (C=O) groups excluding carboxylic acids is 1. The van der Waals surface area contributed by atoms with Gasteiger partial charge in [-0.25, -0.2) is 4.79 Å². The van der Waals surface area contributed by atoms with Crippen molar-refractivity contribution in [2.75, 3.05) is 53.9 Å². The monoisotopic (exact) mass is 297 g/mol. The molecular formula is C16H31N3O2. The molecule has 5 heteroatoms. The van der Waals surface area contributed by atoms with Crippen molar-refractivity contribution in [3.05, 3.63) is 0 Å². The number of rotatable bonds is 8. The van der Waals surface area contributed by atoms with E-state index >= 15 is 0 Å². The SMILES string of the molecule is CCOC(=O)C(CN(C)CC1CCN(C)C1)(NC)C1CC1. The predicted octanol–water partition coefficient (Wildman–Crippen LogP) is 0.801. The Bertz CT molecular complexity index is 359. The molecule has 0 aromatic heterocycles. The summed E-state index contributed by atoms with van der Waals surface area (Å²) >= 11 is 0. The molecule has 1 heterocycles. The van der Waals surface area contributed by atoms with E-state index in [-0.39, 0.29) is 5.97 Å². The summed E-state index contributed by atoms with van der Waals surface area (Å²) in [6.07, 6.45) is 3.51. The molecule has 0 aromatic carbocycles. The van der Waals surface area contributed by atoms with Crippen LogP contribution in [0.1, 0.15) is 26.2 Å². The normalized spacial score (nSPS) is 26.0. The van der Waals surface area contributed by atoms with Crippen LogP contribution in [0.5, 0.6) is 0 Å². The summed E-state index contributed by atoms with van der Waals surface area (Å²) in [7, 11) is 6.21. The largest absolute Gasteiger partial charge is 0.465 e. The van der Waals surface area contributed by atoms with E-state index in [1.54, 1.807) is 0 Å². The molecule has 2 rings (SSSR count). The molecule has 0 bridgehead atoms. The van der Waals surface area contributed by atoms with Crippen LogP contribution in [0.2, 0.25) is 0 Å². The fourth-order valence-electron chi connectivity index (χ4n) is 3.69. The Balaban J connectivity index is 1.95. The van der Waals surface area contributed by atoms with Gasteiger partial charge in [-0.3, -0.25) is 0 Å². The van der Waals surface area contributed by atoms with Crippen LogP contribution < -0.4 is 5.32 Å². The topological polar surface area (TPSA) is 44.8 Å². The second-order valence-corrected chi connectivity index (χ2v) is 6.83. The highest BCUT2D eigenvalue weighted by atomic mass is 16.5. The van der Waals surface area contributed by atoms with Crippen LogP contribution >= 0.6 is 0 Å². The van der Waals surface area contributed by atoms with Crippen molar-refractivity contribution in [2.24, 2.45) is 11.8 Å². The van der Waals surface area contributed by atoms with Gasteiger partial charge in [-0.2, -0.15) is 0 Å². The zero-order valence-corrected chi connectivity index (χ0v) is 14.0. The summed E-state index contributed by atoms with van der Waals surface area (Å²) in [5.74, 6) is 1.07. The van der Waals surface area contributed by atoms with Crippen molar-refractivity contribution in [3.8, 4) is 0 Å². The van der Waals surface area contributed by atoms with Crippen LogP contribution in [0, 0.1) is 11.8 Å². The third-order valence-corrected chi connectivity index (χ3v) is 4.94. The molecule has 122 valence electrons. The van der Waals surface area contributed by atoms with Gasteiger partial charge in [0.05, 0.1) is 6.61 Å². The fraction of sp³-hybridized carbons (Fsp3) is 0.938. The minimum atomic E-state index is -0.519. The Kier molecular flexibility index (Phi) is 5.63. The van der Waals surface area contributed by atoms with Gasteiger partial charge in [0.1, 0.15) is 5.54 Å². The Labute approximate surface area is 129 Å². The van der Waals surface area contributed by atoms with E-state index < -0.39 is 5.54 Å². The van der Waals surface area contributed by atoms with Gasteiger partial charge in [0.25, 0.3) is 0 Å². The minimum absolute atomic E-state index is 0.0783. The van der Waals surface area contributed by atoms with E-state index in [0.717, 1.165) is 31.8 Å². The molecule has 0 aromatic rings. The molecule has 2 fully saturated rings. The smallest absolute Gasteiger partial charge is 0.327 e. The summed E-state index contributed by atoms with van der Waals surface area (Å²) in [4.78, 5) is 17.2. The average Bonchev–Trinajstić information content (AvgIpc) is 3.21. The number of ether oxygens (including phenoxy) is 1. The predicted molar refractivity (Wildman–Crippen MR) is 84.2 cm³/mol. The van der Waals surface area contributed by atoms with E-state index in [4.69, 9.17) is 4.74 Å². The molecule has 2 unspecified atom stereocenters. The first kappa shape index (κ1) is 16.7. The minimum Gasteiger partial charge on any atom is -0.465 e. The molecule has 5 nitrogen and oxygen atoms in total. The Morgan fingerprint density at radius 1 is 1.43 bits per heavy atom. The van der Waals surface area contributed by atoms with Gasteiger partial charge in [0.2, 0.25) is 0 Å². The maximum Gasteiger partial charge on any atom is 0.327 e. The van der Waals surface area contributed by atoms with Gasteiger partial charge < -0.3 is 19.9 Å². The Morgan fingerprint density at radius 3 is 2.62 bits per heavy atom. The molecule has 21 heavy (non-hydrogen) atoms. The zero-order chi connectivity index (χ0) is 15.5. The van der Waals surface area contributed by atoms with Gasteiger partial charge in [-0.15, -0.1) is 0 Å². The summed E-state index contributed by atoms with van der Waals surface area (Å²) in [6.45, 7) is 6.48. The second-order valence-electron chi connectivity index (χ2n) is 6.83. The third kappa shape index (κ3) is 3.96. The van der Waals surface area contributed by atoms with Crippen LogP contribution in [0.3, 0.4) is 0 Å². The van der Waals surface area contributed by atoms with Crippen molar-refractivity contribution in [1.29, 1.82) is 0 Å². The lowest BCUT2D eigenvalue weighted by Crippen LogP contribution is -2.60. The molecule has 1 aliphatic heterocycles. The number of hydrogen-bond donors (Lipinski definition) is 1. The van der Waals surface area contributed by atoms with Crippen LogP contribution in [-0.4, -0.2) is 75.2 Å². The van der Waals surface area contributed by atoms with Crippen molar-refractivity contribution in [2.45, 2.75) is 31.7 Å². The first-order valence-electron chi connectivity index (χ1n) is 8.25.